The number of benzene rings is 1. The Bertz CT molecular complexity index is 730. The van der Waals surface area contributed by atoms with Crippen LogP contribution in [0.1, 0.15) is 24.0 Å². The van der Waals surface area contributed by atoms with E-state index in [-0.39, 0.29) is 44.0 Å². The standard InChI is InChI=1S/C19H25N3O6/c1-27-15-9-12-8-14-18(25)21(6-3-4-17(24)20-5-7-23)19(26)22(14)11-13(12)10-16(15)28-2/h9-10,14,23H,3-8,11H2,1-2H3,(H,20,24). The molecule has 0 saturated carbocycles. The highest BCUT2D eigenvalue weighted by atomic mass is 16.5. The molecule has 0 aliphatic carbocycles. The molecule has 2 aliphatic rings. The van der Waals surface area contributed by atoms with Crippen molar-refractivity contribution in [3.63, 3.8) is 0 Å². The van der Waals surface area contributed by atoms with Crippen LogP contribution in [0.4, 0.5) is 4.79 Å². The van der Waals surface area contributed by atoms with E-state index in [2.05, 4.69) is 5.32 Å². The number of aliphatic hydroxyl groups excluding tert-OH is 1. The number of hydrogen-bond donors (Lipinski definition) is 2. The van der Waals surface area contributed by atoms with Crippen molar-refractivity contribution in [3.05, 3.63) is 23.3 Å². The van der Waals surface area contributed by atoms with Gasteiger partial charge in [-0.05, 0) is 29.7 Å². The van der Waals surface area contributed by atoms with Crippen LogP contribution in [-0.2, 0) is 22.6 Å². The van der Waals surface area contributed by atoms with Crippen LogP contribution in [-0.4, -0.2) is 72.7 Å². The third-order valence-electron chi connectivity index (χ3n) is 5.08. The summed E-state index contributed by atoms with van der Waals surface area (Å²) in [6.45, 7) is 0.599. The second-order valence-corrected chi connectivity index (χ2v) is 6.77. The van der Waals surface area contributed by atoms with Crippen molar-refractivity contribution in [1.82, 2.24) is 15.1 Å². The van der Waals surface area contributed by atoms with E-state index in [0.29, 0.717) is 30.9 Å². The van der Waals surface area contributed by atoms with Crippen molar-refractivity contribution >= 4 is 17.8 Å². The fraction of sp³-hybridized carbons (Fsp3) is 0.526. The molecule has 0 aromatic heterocycles. The lowest BCUT2D eigenvalue weighted by atomic mass is 9.94. The number of rotatable bonds is 8. The number of aliphatic hydroxyl groups is 1. The maximum absolute atomic E-state index is 12.8. The van der Waals surface area contributed by atoms with Crippen LogP contribution >= 0.6 is 0 Å². The van der Waals surface area contributed by atoms with Gasteiger partial charge in [-0.3, -0.25) is 14.5 Å². The van der Waals surface area contributed by atoms with Crippen LogP contribution in [0.15, 0.2) is 12.1 Å². The van der Waals surface area contributed by atoms with Crippen LogP contribution in [0.5, 0.6) is 11.5 Å². The summed E-state index contributed by atoms with van der Waals surface area (Å²) in [5.41, 5.74) is 1.89. The van der Waals surface area contributed by atoms with Gasteiger partial charge in [0.15, 0.2) is 11.5 Å². The van der Waals surface area contributed by atoms with E-state index in [4.69, 9.17) is 14.6 Å². The molecule has 152 valence electrons. The third kappa shape index (κ3) is 3.75. The highest BCUT2D eigenvalue weighted by Gasteiger charge is 2.47. The van der Waals surface area contributed by atoms with Crippen LogP contribution in [0, 0.1) is 0 Å². The lowest BCUT2D eigenvalue weighted by Gasteiger charge is -2.29. The molecule has 1 aromatic rings. The number of fused-ring (bicyclic) bond motifs is 2. The smallest absolute Gasteiger partial charge is 0.327 e. The summed E-state index contributed by atoms with van der Waals surface area (Å²) in [4.78, 5) is 39.9. The first-order valence-electron chi connectivity index (χ1n) is 9.23. The first kappa shape index (κ1) is 19.9. The van der Waals surface area contributed by atoms with Gasteiger partial charge in [0, 0.05) is 32.5 Å². The molecule has 1 atom stereocenters. The molecule has 28 heavy (non-hydrogen) atoms. The Kier molecular flexibility index (Phi) is 6.03. The average Bonchev–Trinajstić information content (AvgIpc) is 2.93. The summed E-state index contributed by atoms with van der Waals surface area (Å²) >= 11 is 0. The van der Waals surface area contributed by atoms with Crippen LogP contribution in [0.2, 0.25) is 0 Å². The van der Waals surface area contributed by atoms with Gasteiger partial charge in [-0.25, -0.2) is 4.79 Å². The number of hydrogen-bond acceptors (Lipinski definition) is 6. The Morgan fingerprint density at radius 2 is 1.89 bits per heavy atom. The minimum absolute atomic E-state index is 0.123. The number of carbonyl (C=O) groups excluding carboxylic acids is 3. The molecule has 9 nitrogen and oxygen atoms in total. The third-order valence-corrected chi connectivity index (χ3v) is 5.08. The highest BCUT2D eigenvalue weighted by molar-refractivity contribution is 6.04. The maximum Gasteiger partial charge on any atom is 0.327 e. The monoisotopic (exact) mass is 391 g/mol. The molecule has 0 radical (unpaired) electrons. The van der Waals surface area contributed by atoms with E-state index in [1.165, 1.54) is 4.90 Å². The minimum Gasteiger partial charge on any atom is -0.493 e. The second kappa shape index (κ2) is 8.47. The molecule has 1 aromatic carbocycles. The summed E-state index contributed by atoms with van der Waals surface area (Å²) in [6, 6.07) is 2.85. The largest absolute Gasteiger partial charge is 0.493 e. The van der Waals surface area contributed by atoms with E-state index in [0.717, 1.165) is 11.1 Å². The second-order valence-electron chi connectivity index (χ2n) is 6.77. The first-order chi connectivity index (χ1) is 13.5. The molecule has 4 amide bonds. The van der Waals surface area contributed by atoms with Crippen molar-refractivity contribution in [3.8, 4) is 11.5 Å². The molecule has 9 heteroatoms. The van der Waals surface area contributed by atoms with E-state index < -0.39 is 6.04 Å². The van der Waals surface area contributed by atoms with Gasteiger partial charge in [0.2, 0.25) is 5.91 Å². The Labute approximate surface area is 163 Å². The van der Waals surface area contributed by atoms with Gasteiger partial charge in [0.05, 0.1) is 20.8 Å². The lowest BCUT2D eigenvalue weighted by Crippen LogP contribution is -2.40. The molecule has 2 N–H and O–H groups in total. The van der Waals surface area contributed by atoms with E-state index >= 15 is 0 Å². The number of nitrogens with zero attached hydrogens (tertiary/aromatic N) is 2. The molecule has 2 heterocycles. The Hall–Kier alpha value is -2.81. The number of methoxy groups -OCH3 is 2. The zero-order chi connectivity index (χ0) is 20.3. The number of nitrogens with one attached hydrogen (secondary N) is 1. The normalized spacial score (nSPS) is 18.0. The van der Waals surface area contributed by atoms with E-state index in [1.807, 2.05) is 12.1 Å². The van der Waals surface area contributed by atoms with Gasteiger partial charge < -0.3 is 24.8 Å². The van der Waals surface area contributed by atoms with Gasteiger partial charge in [-0.2, -0.15) is 0 Å². The van der Waals surface area contributed by atoms with Gasteiger partial charge in [0.1, 0.15) is 6.04 Å². The molecular weight excluding hydrogens is 366 g/mol. The highest BCUT2D eigenvalue weighted by Crippen LogP contribution is 2.37. The quantitative estimate of drug-likeness (QED) is 0.617. The summed E-state index contributed by atoms with van der Waals surface area (Å²) < 4.78 is 10.7. The van der Waals surface area contributed by atoms with Gasteiger partial charge in [-0.15, -0.1) is 0 Å². The number of urea groups is 1. The fourth-order valence-electron chi connectivity index (χ4n) is 3.65. The van der Waals surface area contributed by atoms with Gasteiger partial charge >= 0.3 is 6.03 Å². The Morgan fingerprint density at radius 1 is 1.21 bits per heavy atom. The molecule has 1 unspecified atom stereocenters. The number of amides is 4. The maximum atomic E-state index is 12.8. The molecule has 3 rings (SSSR count). The molecule has 1 fully saturated rings. The predicted molar refractivity (Wildman–Crippen MR) is 99.0 cm³/mol. The fourth-order valence-corrected chi connectivity index (χ4v) is 3.65. The summed E-state index contributed by atoms with van der Waals surface area (Å²) in [7, 11) is 3.11. The first-order valence-corrected chi connectivity index (χ1v) is 9.23. The average molecular weight is 391 g/mol. The van der Waals surface area contributed by atoms with E-state index in [9.17, 15) is 14.4 Å². The summed E-state index contributed by atoms with van der Waals surface area (Å²) in [6.07, 6.45) is 0.994. The number of carbonyl (C=O) groups is 3. The molecular formula is C19H25N3O6. The Balaban J connectivity index is 1.67. The summed E-state index contributed by atoms with van der Waals surface area (Å²) in [5, 5.41) is 11.3. The topological polar surface area (TPSA) is 108 Å². The van der Waals surface area contributed by atoms with Crippen LogP contribution in [0.3, 0.4) is 0 Å². The van der Waals surface area contributed by atoms with Crippen molar-refractivity contribution in [2.75, 3.05) is 33.9 Å². The van der Waals surface area contributed by atoms with E-state index in [1.54, 1.807) is 19.1 Å². The molecule has 0 spiro atoms. The molecule has 1 saturated heterocycles. The zero-order valence-electron chi connectivity index (χ0n) is 16.1. The van der Waals surface area contributed by atoms with Crippen LogP contribution < -0.4 is 14.8 Å². The zero-order valence-corrected chi connectivity index (χ0v) is 16.1. The van der Waals surface area contributed by atoms with Gasteiger partial charge in [-0.1, -0.05) is 0 Å². The lowest BCUT2D eigenvalue weighted by molar-refractivity contribution is -0.129. The molecule has 2 aliphatic heterocycles. The Morgan fingerprint density at radius 3 is 2.54 bits per heavy atom. The van der Waals surface area contributed by atoms with Gasteiger partial charge in [0.25, 0.3) is 5.91 Å². The van der Waals surface area contributed by atoms with Crippen LogP contribution in [0.25, 0.3) is 0 Å². The summed E-state index contributed by atoms with van der Waals surface area (Å²) in [5.74, 6) is 0.735. The number of ether oxygens (including phenoxy) is 2. The van der Waals surface area contributed by atoms with Crippen molar-refractivity contribution in [1.29, 1.82) is 0 Å². The minimum atomic E-state index is -0.527. The van der Waals surface area contributed by atoms with Crippen molar-refractivity contribution in [2.24, 2.45) is 0 Å². The predicted octanol–water partition coefficient (Wildman–Crippen LogP) is 0.281. The van der Waals surface area contributed by atoms with Crippen molar-refractivity contribution < 1.29 is 29.0 Å². The number of imide groups is 1. The SMILES string of the molecule is COc1cc2c(cc1OC)CN1C(=O)N(CCCC(=O)NCCO)C(=O)C1C2. The van der Waals surface area contributed by atoms with Crippen molar-refractivity contribution in [2.45, 2.75) is 31.8 Å². The molecule has 0 bridgehead atoms.